The van der Waals surface area contributed by atoms with E-state index in [0.29, 0.717) is 17.7 Å². The molecule has 45 heavy (non-hydrogen) atoms. The van der Waals surface area contributed by atoms with Gasteiger partial charge in [0.1, 0.15) is 29.2 Å². The highest BCUT2D eigenvalue weighted by Crippen LogP contribution is 2.32. The summed E-state index contributed by atoms with van der Waals surface area (Å²) in [6.45, 7) is 7.33. The smallest absolute Gasteiger partial charge is 0.408 e. The van der Waals surface area contributed by atoms with E-state index in [1.54, 1.807) is 57.2 Å². The number of rotatable bonds is 11. The number of amides is 3. The number of aromatic hydroxyl groups is 2. The maximum atomic E-state index is 14.5. The zero-order chi connectivity index (χ0) is 32.6. The topological polar surface area (TPSA) is 128 Å². The SMILES string of the molecule is CCCCN(C(=O)C(Cc1ccc(O)cc1)NC(=O)OC(C)(C)C)C(C(=O)Nc1ccc2ccccc2c1)c1ccccc1O. The molecule has 9 heteroatoms. The second kappa shape index (κ2) is 14.6. The van der Waals surface area contributed by atoms with Crippen LogP contribution in [0.3, 0.4) is 0 Å². The highest BCUT2D eigenvalue weighted by Gasteiger charge is 2.37. The number of carbonyl (C=O) groups excluding carboxylic acids is 3. The number of para-hydroxylation sites is 1. The molecule has 0 spiro atoms. The number of ether oxygens (including phenoxy) is 1. The fourth-order valence-electron chi connectivity index (χ4n) is 5.06. The van der Waals surface area contributed by atoms with Crippen LogP contribution < -0.4 is 10.6 Å². The first-order chi connectivity index (χ1) is 21.4. The molecule has 4 rings (SSSR count). The molecule has 0 fully saturated rings. The van der Waals surface area contributed by atoms with Gasteiger partial charge in [-0.1, -0.05) is 74.0 Å². The van der Waals surface area contributed by atoms with E-state index in [2.05, 4.69) is 10.6 Å². The second-order valence-electron chi connectivity index (χ2n) is 12.0. The first kappa shape index (κ1) is 32.9. The van der Waals surface area contributed by atoms with Gasteiger partial charge in [-0.2, -0.15) is 0 Å². The minimum Gasteiger partial charge on any atom is -0.508 e. The number of alkyl carbamates (subject to hydrolysis) is 1. The van der Waals surface area contributed by atoms with Gasteiger partial charge in [0.25, 0.3) is 5.91 Å². The van der Waals surface area contributed by atoms with Crippen molar-refractivity contribution in [2.45, 2.75) is 64.6 Å². The molecule has 0 saturated heterocycles. The quantitative estimate of drug-likeness (QED) is 0.150. The fraction of sp³-hybridized carbons (Fsp3) is 0.306. The fourth-order valence-corrected chi connectivity index (χ4v) is 5.06. The molecule has 2 atom stereocenters. The van der Waals surface area contributed by atoms with Crippen molar-refractivity contribution >= 4 is 34.4 Å². The van der Waals surface area contributed by atoms with Gasteiger partial charge < -0.3 is 30.5 Å². The van der Waals surface area contributed by atoms with Crippen LogP contribution in [0.2, 0.25) is 0 Å². The molecule has 4 aromatic rings. The Morgan fingerprint density at radius 2 is 1.53 bits per heavy atom. The number of hydrogen-bond donors (Lipinski definition) is 4. The summed E-state index contributed by atoms with van der Waals surface area (Å²) in [7, 11) is 0. The average molecular weight is 612 g/mol. The minimum absolute atomic E-state index is 0.0660. The molecule has 0 aromatic heterocycles. The lowest BCUT2D eigenvalue weighted by Crippen LogP contribution is -2.53. The minimum atomic E-state index is -1.22. The second-order valence-corrected chi connectivity index (χ2v) is 12.0. The van der Waals surface area contributed by atoms with E-state index in [0.717, 1.165) is 17.2 Å². The zero-order valence-electron chi connectivity index (χ0n) is 26.1. The van der Waals surface area contributed by atoms with Gasteiger partial charge in [-0.25, -0.2) is 4.79 Å². The van der Waals surface area contributed by atoms with Crippen molar-refractivity contribution in [1.82, 2.24) is 10.2 Å². The zero-order valence-corrected chi connectivity index (χ0v) is 26.1. The summed E-state index contributed by atoms with van der Waals surface area (Å²) in [5.41, 5.74) is 0.656. The van der Waals surface area contributed by atoms with E-state index < -0.39 is 35.6 Å². The largest absolute Gasteiger partial charge is 0.508 e. The van der Waals surface area contributed by atoms with Crippen LogP contribution in [0.1, 0.15) is 57.7 Å². The molecule has 4 N–H and O–H groups in total. The Kier molecular flexibility index (Phi) is 10.7. The Morgan fingerprint density at radius 3 is 2.20 bits per heavy atom. The molecule has 0 aliphatic carbocycles. The lowest BCUT2D eigenvalue weighted by molar-refractivity contribution is -0.140. The summed E-state index contributed by atoms with van der Waals surface area (Å²) in [5.74, 6) is -1.11. The van der Waals surface area contributed by atoms with E-state index in [1.807, 2.05) is 43.3 Å². The van der Waals surface area contributed by atoms with Gasteiger partial charge in [-0.3, -0.25) is 9.59 Å². The van der Waals surface area contributed by atoms with E-state index in [1.165, 1.54) is 23.1 Å². The lowest BCUT2D eigenvalue weighted by atomic mass is 9.99. The molecule has 236 valence electrons. The predicted molar refractivity (Wildman–Crippen MR) is 175 cm³/mol. The van der Waals surface area contributed by atoms with E-state index in [9.17, 15) is 24.6 Å². The summed E-state index contributed by atoms with van der Waals surface area (Å²) in [6.07, 6.45) is 0.582. The molecule has 4 aromatic carbocycles. The molecule has 0 radical (unpaired) electrons. The van der Waals surface area contributed by atoms with Crippen molar-refractivity contribution in [1.29, 1.82) is 0 Å². The third kappa shape index (κ3) is 8.98. The van der Waals surface area contributed by atoms with Crippen LogP contribution in [-0.4, -0.2) is 51.2 Å². The van der Waals surface area contributed by atoms with Crippen LogP contribution in [0, 0.1) is 0 Å². The Bertz CT molecular complexity index is 1630. The molecular formula is C36H41N3O6. The van der Waals surface area contributed by atoms with Crippen molar-refractivity contribution in [3.8, 4) is 11.5 Å². The number of anilines is 1. The Hall–Kier alpha value is -5.05. The van der Waals surface area contributed by atoms with Crippen molar-refractivity contribution in [2.24, 2.45) is 0 Å². The third-order valence-electron chi connectivity index (χ3n) is 7.21. The van der Waals surface area contributed by atoms with Crippen molar-refractivity contribution < 1.29 is 29.3 Å². The van der Waals surface area contributed by atoms with Crippen LogP contribution >= 0.6 is 0 Å². The van der Waals surface area contributed by atoms with Crippen molar-refractivity contribution in [3.05, 3.63) is 102 Å². The number of fused-ring (bicyclic) bond motifs is 1. The van der Waals surface area contributed by atoms with Crippen LogP contribution in [-0.2, 0) is 20.7 Å². The number of benzene rings is 4. The number of hydrogen-bond acceptors (Lipinski definition) is 6. The van der Waals surface area contributed by atoms with Crippen molar-refractivity contribution in [2.75, 3.05) is 11.9 Å². The van der Waals surface area contributed by atoms with E-state index in [-0.39, 0.29) is 30.0 Å². The molecule has 9 nitrogen and oxygen atoms in total. The highest BCUT2D eigenvalue weighted by molar-refractivity contribution is 6.00. The Labute approximate surface area is 263 Å². The summed E-state index contributed by atoms with van der Waals surface area (Å²) >= 11 is 0. The van der Waals surface area contributed by atoms with Crippen molar-refractivity contribution in [3.63, 3.8) is 0 Å². The number of unbranched alkanes of at least 4 members (excludes halogenated alkanes) is 1. The molecule has 0 saturated carbocycles. The molecule has 0 aliphatic rings. The summed E-state index contributed by atoms with van der Waals surface area (Å²) in [4.78, 5) is 43.1. The van der Waals surface area contributed by atoms with Gasteiger partial charge in [-0.15, -0.1) is 0 Å². The van der Waals surface area contributed by atoms with Crippen LogP contribution in [0.5, 0.6) is 11.5 Å². The molecule has 0 bridgehead atoms. The molecule has 0 aliphatic heterocycles. The maximum absolute atomic E-state index is 14.5. The first-order valence-corrected chi connectivity index (χ1v) is 15.1. The number of nitrogens with one attached hydrogen (secondary N) is 2. The lowest BCUT2D eigenvalue weighted by Gasteiger charge is -2.35. The standard InChI is InChI=1S/C36H41N3O6/c1-5-6-21-39(34(43)30(38-35(44)45-36(2,3)4)22-24-15-19-28(40)20-16-24)32(29-13-9-10-14-31(29)41)33(42)37-27-18-17-25-11-7-8-12-26(25)23-27/h7-20,23,30,32,40-41H,5-6,21-22H2,1-4H3,(H,37,42)(H,38,44). The predicted octanol–water partition coefficient (Wildman–Crippen LogP) is 6.70. The summed E-state index contributed by atoms with van der Waals surface area (Å²) in [5, 5.41) is 28.3. The Balaban J connectivity index is 1.75. The normalized spacial score (nSPS) is 12.6. The monoisotopic (exact) mass is 611 g/mol. The van der Waals surface area contributed by atoms with Gasteiger partial charge in [0.05, 0.1) is 0 Å². The Morgan fingerprint density at radius 1 is 0.867 bits per heavy atom. The molecule has 3 amide bonds. The molecular weight excluding hydrogens is 570 g/mol. The average Bonchev–Trinajstić information content (AvgIpc) is 2.99. The van der Waals surface area contributed by atoms with Gasteiger partial charge in [0.15, 0.2) is 0 Å². The highest BCUT2D eigenvalue weighted by atomic mass is 16.6. The first-order valence-electron chi connectivity index (χ1n) is 15.1. The number of nitrogens with zero attached hydrogens (tertiary/aromatic N) is 1. The summed E-state index contributed by atoms with van der Waals surface area (Å²) < 4.78 is 5.48. The van der Waals surface area contributed by atoms with Gasteiger partial charge in [0.2, 0.25) is 5.91 Å². The van der Waals surface area contributed by atoms with Crippen LogP contribution in [0.4, 0.5) is 10.5 Å². The van der Waals surface area contributed by atoms with Gasteiger partial charge in [-0.05, 0) is 73.9 Å². The van der Waals surface area contributed by atoms with Crippen LogP contribution in [0.15, 0.2) is 91.0 Å². The number of phenolic OH excluding ortho intramolecular Hbond substituents is 2. The molecule has 2 unspecified atom stereocenters. The van der Waals surface area contributed by atoms with Gasteiger partial charge in [0, 0.05) is 24.2 Å². The molecule has 0 heterocycles. The van der Waals surface area contributed by atoms with Crippen LogP contribution in [0.25, 0.3) is 10.8 Å². The maximum Gasteiger partial charge on any atom is 0.408 e. The third-order valence-corrected chi connectivity index (χ3v) is 7.21. The van der Waals surface area contributed by atoms with E-state index >= 15 is 0 Å². The number of carbonyl (C=O) groups is 3. The van der Waals surface area contributed by atoms with E-state index in [4.69, 9.17) is 4.74 Å². The number of phenols is 2. The van der Waals surface area contributed by atoms with Gasteiger partial charge >= 0.3 is 6.09 Å². The summed E-state index contributed by atoms with van der Waals surface area (Å²) in [6, 6.07) is 23.7.